The Morgan fingerprint density at radius 2 is 1.87 bits per heavy atom. The predicted octanol–water partition coefficient (Wildman–Crippen LogP) is 3.82. The van der Waals surface area contributed by atoms with Crippen molar-refractivity contribution in [3.8, 4) is 6.07 Å². The second-order valence-electron chi connectivity index (χ2n) is 6.67. The summed E-state index contributed by atoms with van der Waals surface area (Å²) in [6, 6.07) is 8.41. The standard InChI is InChI=1S/C20H31N3/c1-3-10-22(11-4-2)12-5-6-13-23-14-9-19-15-18(16-21)7-8-20(19)17-23/h7-8,15H,3-6,9-14,17H2,1-2H3. The van der Waals surface area contributed by atoms with Gasteiger partial charge in [-0.2, -0.15) is 5.26 Å². The minimum Gasteiger partial charge on any atom is -0.303 e. The van der Waals surface area contributed by atoms with Crippen LogP contribution >= 0.6 is 0 Å². The van der Waals surface area contributed by atoms with Gasteiger partial charge in [-0.15, -0.1) is 0 Å². The molecule has 0 saturated carbocycles. The number of rotatable bonds is 9. The largest absolute Gasteiger partial charge is 0.303 e. The van der Waals surface area contributed by atoms with Crippen LogP contribution in [0.5, 0.6) is 0 Å². The summed E-state index contributed by atoms with van der Waals surface area (Å²) in [4.78, 5) is 5.17. The summed E-state index contributed by atoms with van der Waals surface area (Å²) in [6.07, 6.45) is 6.19. The zero-order valence-corrected chi connectivity index (χ0v) is 14.9. The molecule has 126 valence electrons. The first-order valence-electron chi connectivity index (χ1n) is 9.23. The number of nitrogens with zero attached hydrogens (tertiary/aromatic N) is 3. The van der Waals surface area contributed by atoms with Gasteiger partial charge in [0.15, 0.2) is 0 Å². The second-order valence-corrected chi connectivity index (χ2v) is 6.67. The fraction of sp³-hybridized carbons (Fsp3) is 0.650. The molecular formula is C20H31N3. The van der Waals surface area contributed by atoms with Crippen molar-refractivity contribution in [1.82, 2.24) is 9.80 Å². The molecule has 0 spiro atoms. The molecule has 0 saturated heterocycles. The van der Waals surface area contributed by atoms with Crippen LogP contribution in [0.1, 0.15) is 56.2 Å². The Kier molecular flexibility index (Phi) is 7.58. The molecular weight excluding hydrogens is 282 g/mol. The average molecular weight is 313 g/mol. The Morgan fingerprint density at radius 3 is 2.57 bits per heavy atom. The molecule has 1 aliphatic heterocycles. The lowest BCUT2D eigenvalue weighted by Gasteiger charge is -2.29. The van der Waals surface area contributed by atoms with Crippen molar-refractivity contribution in [2.75, 3.05) is 32.7 Å². The van der Waals surface area contributed by atoms with Gasteiger partial charge in [-0.05, 0) is 81.5 Å². The van der Waals surface area contributed by atoms with Crippen LogP contribution in [-0.4, -0.2) is 42.5 Å². The quantitative estimate of drug-likeness (QED) is 0.649. The predicted molar refractivity (Wildman–Crippen MR) is 96.4 cm³/mol. The van der Waals surface area contributed by atoms with E-state index in [4.69, 9.17) is 5.26 Å². The van der Waals surface area contributed by atoms with Crippen LogP contribution in [0.15, 0.2) is 18.2 Å². The van der Waals surface area contributed by atoms with E-state index in [-0.39, 0.29) is 0 Å². The van der Waals surface area contributed by atoms with E-state index < -0.39 is 0 Å². The minimum absolute atomic E-state index is 0.795. The van der Waals surface area contributed by atoms with Crippen molar-refractivity contribution in [2.45, 2.75) is 52.5 Å². The van der Waals surface area contributed by atoms with Crippen LogP contribution < -0.4 is 0 Å². The smallest absolute Gasteiger partial charge is 0.0991 e. The summed E-state index contributed by atoms with van der Waals surface area (Å²) in [6.45, 7) is 11.7. The van der Waals surface area contributed by atoms with E-state index in [1.165, 1.54) is 63.0 Å². The molecule has 23 heavy (non-hydrogen) atoms. The first kappa shape index (κ1) is 18.0. The van der Waals surface area contributed by atoms with E-state index >= 15 is 0 Å². The number of hydrogen-bond donors (Lipinski definition) is 0. The maximum Gasteiger partial charge on any atom is 0.0991 e. The van der Waals surface area contributed by atoms with Gasteiger partial charge < -0.3 is 4.90 Å². The third-order valence-corrected chi connectivity index (χ3v) is 4.71. The molecule has 0 unspecified atom stereocenters. The molecule has 1 heterocycles. The lowest BCUT2D eigenvalue weighted by molar-refractivity contribution is 0.230. The highest BCUT2D eigenvalue weighted by molar-refractivity contribution is 5.39. The number of fused-ring (bicyclic) bond motifs is 1. The lowest BCUT2D eigenvalue weighted by Crippen LogP contribution is -2.32. The van der Waals surface area contributed by atoms with Gasteiger partial charge in [-0.1, -0.05) is 19.9 Å². The SMILES string of the molecule is CCCN(CCC)CCCCN1CCc2cc(C#N)ccc2C1. The molecule has 1 aromatic carbocycles. The number of benzene rings is 1. The van der Waals surface area contributed by atoms with Crippen LogP contribution in [0.3, 0.4) is 0 Å². The van der Waals surface area contributed by atoms with Gasteiger partial charge in [0.1, 0.15) is 0 Å². The van der Waals surface area contributed by atoms with E-state index in [9.17, 15) is 0 Å². The fourth-order valence-corrected chi connectivity index (χ4v) is 3.51. The summed E-state index contributed by atoms with van der Waals surface area (Å²) in [5.74, 6) is 0. The van der Waals surface area contributed by atoms with E-state index in [1.807, 2.05) is 6.07 Å². The van der Waals surface area contributed by atoms with E-state index in [1.54, 1.807) is 0 Å². The van der Waals surface area contributed by atoms with Gasteiger partial charge in [0.2, 0.25) is 0 Å². The first-order chi connectivity index (χ1) is 11.3. The number of unbranched alkanes of at least 4 members (excludes halogenated alkanes) is 1. The molecule has 0 atom stereocenters. The maximum absolute atomic E-state index is 8.99. The molecule has 1 aliphatic rings. The third kappa shape index (κ3) is 5.64. The highest BCUT2D eigenvalue weighted by Crippen LogP contribution is 2.20. The molecule has 0 aliphatic carbocycles. The van der Waals surface area contributed by atoms with Crippen molar-refractivity contribution in [2.24, 2.45) is 0 Å². The third-order valence-electron chi connectivity index (χ3n) is 4.71. The zero-order chi connectivity index (χ0) is 16.5. The summed E-state index contributed by atoms with van der Waals surface area (Å²) in [7, 11) is 0. The normalized spacial score (nSPS) is 14.7. The number of nitriles is 1. The highest BCUT2D eigenvalue weighted by atomic mass is 15.1. The summed E-state index contributed by atoms with van der Waals surface area (Å²) < 4.78 is 0. The van der Waals surface area contributed by atoms with Crippen LogP contribution in [0.4, 0.5) is 0 Å². The van der Waals surface area contributed by atoms with Crippen molar-refractivity contribution < 1.29 is 0 Å². The Hall–Kier alpha value is -1.37. The van der Waals surface area contributed by atoms with Crippen LogP contribution in [-0.2, 0) is 13.0 Å². The Morgan fingerprint density at radius 1 is 1.09 bits per heavy atom. The topological polar surface area (TPSA) is 30.3 Å². The second kappa shape index (κ2) is 9.70. The molecule has 1 aromatic rings. The van der Waals surface area contributed by atoms with E-state index in [2.05, 4.69) is 41.8 Å². The van der Waals surface area contributed by atoms with Crippen molar-refractivity contribution in [3.63, 3.8) is 0 Å². The monoisotopic (exact) mass is 313 g/mol. The van der Waals surface area contributed by atoms with E-state index in [0.717, 1.165) is 25.1 Å². The van der Waals surface area contributed by atoms with Crippen molar-refractivity contribution in [3.05, 3.63) is 34.9 Å². The highest BCUT2D eigenvalue weighted by Gasteiger charge is 2.16. The molecule has 0 bridgehead atoms. The molecule has 0 amide bonds. The Balaban J connectivity index is 1.72. The van der Waals surface area contributed by atoms with Gasteiger partial charge in [0, 0.05) is 13.1 Å². The summed E-state index contributed by atoms with van der Waals surface area (Å²) >= 11 is 0. The molecule has 3 nitrogen and oxygen atoms in total. The Bertz CT molecular complexity index is 512. The van der Waals surface area contributed by atoms with Gasteiger partial charge in [0.25, 0.3) is 0 Å². The van der Waals surface area contributed by atoms with Gasteiger partial charge in [0.05, 0.1) is 11.6 Å². The molecule has 0 aromatic heterocycles. The zero-order valence-electron chi connectivity index (χ0n) is 14.9. The van der Waals surface area contributed by atoms with E-state index in [0.29, 0.717) is 0 Å². The molecule has 2 rings (SSSR count). The van der Waals surface area contributed by atoms with Gasteiger partial charge in [-0.25, -0.2) is 0 Å². The average Bonchev–Trinajstić information content (AvgIpc) is 2.58. The van der Waals surface area contributed by atoms with Crippen LogP contribution in [0, 0.1) is 11.3 Å². The molecule has 0 fully saturated rings. The molecule has 3 heteroatoms. The lowest BCUT2D eigenvalue weighted by atomic mass is 9.97. The fourth-order valence-electron chi connectivity index (χ4n) is 3.51. The van der Waals surface area contributed by atoms with Gasteiger partial charge in [-0.3, -0.25) is 4.90 Å². The number of hydrogen-bond acceptors (Lipinski definition) is 3. The van der Waals surface area contributed by atoms with Crippen molar-refractivity contribution >= 4 is 0 Å². The minimum atomic E-state index is 0.795. The van der Waals surface area contributed by atoms with Gasteiger partial charge >= 0.3 is 0 Å². The molecule has 0 N–H and O–H groups in total. The van der Waals surface area contributed by atoms with Crippen LogP contribution in [0.2, 0.25) is 0 Å². The summed E-state index contributed by atoms with van der Waals surface area (Å²) in [5, 5.41) is 8.99. The summed E-state index contributed by atoms with van der Waals surface area (Å²) in [5.41, 5.74) is 3.58. The van der Waals surface area contributed by atoms with Crippen molar-refractivity contribution in [1.29, 1.82) is 5.26 Å². The van der Waals surface area contributed by atoms with Crippen LogP contribution in [0.25, 0.3) is 0 Å². The molecule has 0 radical (unpaired) electrons. The first-order valence-corrected chi connectivity index (χ1v) is 9.23. The maximum atomic E-state index is 8.99. The Labute approximate surface area is 141 Å².